The number of nitrogens with one attached hydrogen (secondary N) is 1. The summed E-state index contributed by atoms with van der Waals surface area (Å²) >= 11 is 3.50. The number of aryl methyl sites for hydroxylation is 1. The van der Waals surface area contributed by atoms with E-state index < -0.39 is 0 Å². The van der Waals surface area contributed by atoms with Crippen LogP contribution in [-0.2, 0) is 6.54 Å². The molecular formula is C17H16BrN3. The van der Waals surface area contributed by atoms with Crippen molar-refractivity contribution in [1.29, 1.82) is 0 Å². The molecule has 0 saturated carbocycles. The Morgan fingerprint density at radius 1 is 1.14 bits per heavy atom. The van der Waals surface area contributed by atoms with Crippen molar-refractivity contribution >= 4 is 21.6 Å². The molecule has 106 valence electrons. The number of aromatic nitrogens is 2. The zero-order valence-corrected chi connectivity index (χ0v) is 13.3. The van der Waals surface area contributed by atoms with Crippen molar-refractivity contribution in [1.82, 2.24) is 9.78 Å². The molecule has 0 spiro atoms. The molecule has 0 aliphatic rings. The summed E-state index contributed by atoms with van der Waals surface area (Å²) in [5.41, 5.74) is 4.71. The van der Waals surface area contributed by atoms with Gasteiger partial charge in [-0.05, 0) is 48.4 Å². The SMILES string of the molecule is Cc1ccc(Br)cc1NCc1ccc(-n2cccn2)cc1. The highest BCUT2D eigenvalue weighted by Gasteiger charge is 2.00. The first-order chi connectivity index (χ1) is 10.2. The number of halogens is 1. The average Bonchev–Trinajstić information content (AvgIpc) is 3.03. The van der Waals surface area contributed by atoms with Gasteiger partial charge < -0.3 is 5.32 Å². The Bertz CT molecular complexity index is 718. The van der Waals surface area contributed by atoms with Gasteiger partial charge in [0, 0.05) is 29.1 Å². The predicted octanol–water partition coefficient (Wildman–Crippen LogP) is 4.56. The van der Waals surface area contributed by atoms with Gasteiger partial charge in [0.1, 0.15) is 0 Å². The normalized spacial score (nSPS) is 10.6. The number of rotatable bonds is 4. The standard InChI is InChI=1S/C17H16BrN3/c1-13-3-6-15(18)11-17(13)19-12-14-4-7-16(8-5-14)21-10-2-9-20-21/h2-11,19H,12H2,1H3. The molecule has 0 radical (unpaired) electrons. The second-order valence-electron chi connectivity index (χ2n) is 4.93. The largest absolute Gasteiger partial charge is 0.381 e. The lowest BCUT2D eigenvalue weighted by Gasteiger charge is -2.10. The van der Waals surface area contributed by atoms with E-state index in [-0.39, 0.29) is 0 Å². The molecule has 3 aromatic rings. The molecule has 0 unspecified atom stereocenters. The average molecular weight is 342 g/mol. The van der Waals surface area contributed by atoms with Gasteiger partial charge in [-0.15, -0.1) is 0 Å². The summed E-state index contributed by atoms with van der Waals surface area (Å²) in [6.07, 6.45) is 3.73. The van der Waals surface area contributed by atoms with Crippen LogP contribution >= 0.6 is 15.9 Å². The summed E-state index contributed by atoms with van der Waals surface area (Å²) in [6, 6.07) is 16.6. The summed E-state index contributed by atoms with van der Waals surface area (Å²) in [7, 11) is 0. The van der Waals surface area contributed by atoms with Crippen LogP contribution in [0.15, 0.2) is 65.4 Å². The van der Waals surface area contributed by atoms with Crippen molar-refractivity contribution in [3.8, 4) is 5.69 Å². The maximum absolute atomic E-state index is 4.23. The molecule has 0 bridgehead atoms. The highest BCUT2D eigenvalue weighted by Crippen LogP contribution is 2.21. The first-order valence-electron chi connectivity index (χ1n) is 6.81. The van der Waals surface area contributed by atoms with Crippen LogP contribution in [0.5, 0.6) is 0 Å². The zero-order valence-electron chi connectivity index (χ0n) is 11.8. The van der Waals surface area contributed by atoms with Gasteiger partial charge in [-0.25, -0.2) is 4.68 Å². The van der Waals surface area contributed by atoms with Gasteiger partial charge in [0.2, 0.25) is 0 Å². The summed E-state index contributed by atoms with van der Waals surface area (Å²) in [5.74, 6) is 0. The van der Waals surface area contributed by atoms with Crippen LogP contribution < -0.4 is 5.32 Å². The molecule has 0 fully saturated rings. The molecule has 2 aromatic carbocycles. The Hall–Kier alpha value is -2.07. The van der Waals surface area contributed by atoms with Gasteiger partial charge >= 0.3 is 0 Å². The molecule has 1 N–H and O–H groups in total. The minimum atomic E-state index is 0.802. The minimum Gasteiger partial charge on any atom is -0.381 e. The molecule has 0 aliphatic heterocycles. The van der Waals surface area contributed by atoms with E-state index in [1.54, 1.807) is 6.20 Å². The van der Waals surface area contributed by atoms with E-state index in [0.29, 0.717) is 0 Å². The van der Waals surface area contributed by atoms with Crippen LogP contribution in [0.4, 0.5) is 5.69 Å². The Morgan fingerprint density at radius 3 is 2.67 bits per heavy atom. The summed E-state index contributed by atoms with van der Waals surface area (Å²) < 4.78 is 2.94. The van der Waals surface area contributed by atoms with Crippen LogP contribution in [0, 0.1) is 6.92 Å². The van der Waals surface area contributed by atoms with E-state index in [9.17, 15) is 0 Å². The van der Waals surface area contributed by atoms with Crippen LogP contribution in [0.3, 0.4) is 0 Å². The Kier molecular flexibility index (Phi) is 4.06. The molecule has 21 heavy (non-hydrogen) atoms. The predicted molar refractivity (Wildman–Crippen MR) is 89.8 cm³/mol. The van der Waals surface area contributed by atoms with E-state index in [1.807, 2.05) is 16.9 Å². The monoisotopic (exact) mass is 341 g/mol. The molecule has 3 nitrogen and oxygen atoms in total. The Labute approximate surface area is 132 Å². The van der Waals surface area contributed by atoms with Crippen molar-refractivity contribution in [2.24, 2.45) is 0 Å². The third kappa shape index (κ3) is 3.34. The van der Waals surface area contributed by atoms with Crippen molar-refractivity contribution < 1.29 is 0 Å². The van der Waals surface area contributed by atoms with Gasteiger partial charge in [-0.2, -0.15) is 5.10 Å². The molecule has 1 heterocycles. The van der Waals surface area contributed by atoms with Gasteiger partial charge in [0.15, 0.2) is 0 Å². The second-order valence-corrected chi connectivity index (χ2v) is 5.85. The number of anilines is 1. The van der Waals surface area contributed by atoms with Gasteiger partial charge in [-0.1, -0.05) is 34.1 Å². The maximum Gasteiger partial charge on any atom is 0.0645 e. The quantitative estimate of drug-likeness (QED) is 0.754. The van der Waals surface area contributed by atoms with Crippen molar-refractivity contribution in [3.05, 3.63) is 76.5 Å². The van der Waals surface area contributed by atoms with Crippen molar-refractivity contribution in [3.63, 3.8) is 0 Å². The molecule has 0 aliphatic carbocycles. The number of hydrogen-bond donors (Lipinski definition) is 1. The van der Waals surface area contributed by atoms with E-state index in [2.05, 4.69) is 75.7 Å². The Balaban J connectivity index is 1.70. The van der Waals surface area contributed by atoms with Crippen molar-refractivity contribution in [2.45, 2.75) is 13.5 Å². The molecule has 0 atom stereocenters. The van der Waals surface area contributed by atoms with Crippen molar-refractivity contribution in [2.75, 3.05) is 5.32 Å². The van der Waals surface area contributed by atoms with E-state index in [1.165, 1.54) is 11.1 Å². The summed E-state index contributed by atoms with van der Waals surface area (Å²) in [4.78, 5) is 0. The van der Waals surface area contributed by atoms with Gasteiger partial charge in [0.25, 0.3) is 0 Å². The van der Waals surface area contributed by atoms with Crippen LogP contribution in [0.2, 0.25) is 0 Å². The highest BCUT2D eigenvalue weighted by atomic mass is 79.9. The third-order valence-electron chi connectivity index (χ3n) is 3.39. The lowest BCUT2D eigenvalue weighted by Crippen LogP contribution is -2.01. The van der Waals surface area contributed by atoms with Crippen LogP contribution in [-0.4, -0.2) is 9.78 Å². The molecule has 0 saturated heterocycles. The van der Waals surface area contributed by atoms with Crippen LogP contribution in [0.25, 0.3) is 5.69 Å². The molecule has 3 rings (SSSR count). The highest BCUT2D eigenvalue weighted by molar-refractivity contribution is 9.10. The fraction of sp³-hybridized carbons (Fsp3) is 0.118. The van der Waals surface area contributed by atoms with E-state index in [4.69, 9.17) is 0 Å². The summed E-state index contributed by atoms with van der Waals surface area (Å²) in [5, 5.41) is 7.70. The lowest BCUT2D eigenvalue weighted by atomic mass is 10.1. The third-order valence-corrected chi connectivity index (χ3v) is 3.88. The maximum atomic E-state index is 4.23. The van der Waals surface area contributed by atoms with E-state index >= 15 is 0 Å². The second kappa shape index (κ2) is 6.14. The zero-order chi connectivity index (χ0) is 14.7. The topological polar surface area (TPSA) is 29.9 Å². The molecular weight excluding hydrogens is 326 g/mol. The van der Waals surface area contributed by atoms with Gasteiger partial charge in [0.05, 0.1) is 5.69 Å². The smallest absolute Gasteiger partial charge is 0.0645 e. The molecule has 4 heteroatoms. The first kappa shape index (κ1) is 13.9. The summed E-state index contributed by atoms with van der Waals surface area (Å²) in [6.45, 7) is 2.91. The Morgan fingerprint density at radius 2 is 1.95 bits per heavy atom. The molecule has 0 amide bonds. The number of benzene rings is 2. The first-order valence-corrected chi connectivity index (χ1v) is 7.61. The number of nitrogens with zero attached hydrogens (tertiary/aromatic N) is 2. The number of hydrogen-bond acceptors (Lipinski definition) is 2. The lowest BCUT2D eigenvalue weighted by molar-refractivity contribution is 0.879. The van der Waals surface area contributed by atoms with Gasteiger partial charge in [-0.3, -0.25) is 0 Å². The molecule has 1 aromatic heterocycles. The fourth-order valence-electron chi connectivity index (χ4n) is 2.17. The van der Waals surface area contributed by atoms with Crippen LogP contribution in [0.1, 0.15) is 11.1 Å². The fourth-order valence-corrected chi connectivity index (χ4v) is 2.53. The minimum absolute atomic E-state index is 0.802. The van der Waals surface area contributed by atoms with E-state index in [0.717, 1.165) is 22.4 Å².